The molecule has 0 bridgehead atoms. The van der Waals surface area contributed by atoms with Crippen LogP contribution in [-0.4, -0.2) is 28.5 Å². The number of amides is 3. The Morgan fingerprint density at radius 1 is 1.06 bits per heavy atom. The van der Waals surface area contributed by atoms with Crippen LogP contribution < -0.4 is 10.1 Å². The zero-order valence-electron chi connectivity index (χ0n) is 18.3. The number of imide groups is 1. The number of nitrogens with one attached hydrogen (secondary N) is 1. The highest BCUT2D eigenvalue weighted by Crippen LogP contribution is 2.34. The Bertz CT molecular complexity index is 1270. The first kappa shape index (κ1) is 24.0. The number of ether oxygens (including phenoxy) is 1. The second-order valence-corrected chi connectivity index (χ2v) is 9.88. The van der Waals surface area contributed by atoms with Gasteiger partial charge in [0.15, 0.2) is 0 Å². The maximum atomic E-state index is 12.9. The van der Waals surface area contributed by atoms with Crippen LogP contribution in [0.1, 0.15) is 16.7 Å². The molecule has 1 heterocycles. The molecule has 3 amide bonds. The number of halogens is 1. The number of aryl methyl sites for hydroxylation is 1. The van der Waals surface area contributed by atoms with E-state index in [-0.39, 0.29) is 11.4 Å². The molecule has 1 aliphatic heterocycles. The molecule has 0 atom stereocenters. The summed E-state index contributed by atoms with van der Waals surface area (Å²) in [4.78, 5) is 38.9. The number of nitrogens with zero attached hydrogens (tertiary/aromatic N) is 1. The van der Waals surface area contributed by atoms with E-state index in [2.05, 4.69) is 34.0 Å². The van der Waals surface area contributed by atoms with Crippen LogP contribution in [0.5, 0.6) is 5.75 Å². The molecule has 0 saturated carbocycles. The largest absolute Gasteiger partial charge is 0.488 e. The Hall–Kier alpha value is -3.11. The highest BCUT2D eigenvalue weighted by Gasteiger charge is 2.36. The third kappa shape index (κ3) is 6.06. The third-order valence-electron chi connectivity index (χ3n) is 4.99. The molecular formula is C26H21IN2O4S. The quantitative estimate of drug-likeness (QED) is 0.279. The van der Waals surface area contributed by atoms with Crippen molar-refractivity contribution in [2.24, 2.45) is 0 Å². The zero-order valence-corrected chi connectivity index (χ0v) is 21.3. The van der Waals surface area contributed by atoms with Crippen molar-refractivity contribution in [3.63, 3.8) is 0 Å². The lowest BCUT2D eigenvalue weighted by Crippen LogP contribution is -2.36. The zero-order chi connectivity index (χ0) is 24.1. The van der Waals surface area contributed by atoms with Gasteiger partial charge in [-0.2, -0.15) is 0 Å². The van der Waals surface area contributed by atoms with Crippen LogP contribution in [-0.2, 0) is 16.2 Å². The molecule has 0 aromatic heterocycles. The average Bonchev–Trinajstić information content (AvgIpc) is 3.07. The van der Waals surface area contributed by atoms with E-state index >= 15 is 0 Å². The number of hydrogen-bond acceptors (Lipinski definition) is 5. The van der Waals surface area contributed by atoms with Gasteiger partial charge in [0.1, 0.15) is 18.9 Å². The SMILES string of the molecule is Cc1cccc(COc2ccccc2/C=C2/SC(=O)N(CC(=O)Nc3ccc(I)cc3)C2=O)c1. The molecule has 4 rings (SSSR count). The number of benzene rings is 3. The maximum Gasteiger partial charge on any atom is 0.294 e. The third-order valence-corrected chi connectivity index (χ3v) is 6.61. The highest BCUT2D eigenvalue weighted by molar-refractivity contribution is 14.1. The van der Waals surface area contributed by atoms with Crippen molar-refractivity contribution < 1.29 is 19.1 Å². The minimum absolute atomic E-state index is 0.249. The summed E-state index contributed by atoms with van der Waals surface area (Å²) in [6.07, 6.45) is 1.63. The Balaban J connectivity index is 1.44. The van der Waals surface area contributed by atoms with Crippen molar-refractivity contribution in [1.82, 2.24) is 4.90 Å². The van der Waals surface area contributed by atoms with E-state index in [1.54, 1.807) is 18.2 Å². The van der Waals surface area contributed by atoms with E-state index < -0.39 is 17.1 Å². The van der Waals surface area contributed by atoms with Crippen LogP contribution in [0.15, 0.2) is 77.7 Å². The minimum atomic E-state index is -0.499. The molecule has 8 heteroatoms. The summed E-state index contributed by atoms with van der Waals surface area (Å²) in [5, 5.41) is 2.23. The van der Waals surface area contributed by atoms with Crippen molar-refractivity contribution >= 4 is 63.2 Å². The van der Waals surface area contributed by atoms with Gasteiger partial charge in [0.2, 0.25) is 5.91 Å². The molecule has 0 spiro atoms. The molecule has 1 N–H and O–H groups in total. The van der Waals surface area contributed by atoms with E-state index in [1.807, 2.05) is 61.5 Å². The van der Waals surface area contributed by atoms with Crippen LogP contribution in [0.4, 0.5) is 10.5 Å². The van der Waals surface area contributed by atoms with Crippen molar-refractivity contribution in [3.8, 4) is 5.75 Å². The van der Waals surface area contributed by atoms with Gasteiger partial charge in [-0.3, -0.25) is 19.3 Å². The summed E-state index contributed by atoms with van der Waals surface area (Å²) in [6.45, 7) is 2.06. The summed E-state index contributed by atoms with van der Waals surface area (Å²) in [5.41, 5.74) is 3.47. The first-order chi connectivity index (χ1) is 16.4. The minimum Gasteiger partial charge on any atom is -0.488 e. The number of para-hydroxylation sites is 1. The molecule has 3 aromatic rings. The van der Waals surface area contributed by atoms with Gasteiger partial charge in [-0.25, -0.2) is 0 Å². The van der Waals surface area contributed by atoms with Gasteiger partial charge >= 0.3 is 0 Å². The van der Waals surface area contributed by atoms with Gasteiger partial charge < -0.3 is 10.1 Å². The number of carbonyl (C=O) groups is 3. The lowest BCUT2D eigenvalue weighted by Gasteiger charge is -2.12. The second-order valence-electron chi connectivity index (χ2n) is 7.64. The van der Waals surface area contributed by atoms with Crippen molar-refractivity contribution in [2.45, 2.75) is 13.5 Å². The number of hydrogen-bond donors (Lipinski definition) is 1. The number of carbonyl (C=O) groups excluding carboxylic acids is 3. The van der Waals surface area contributed by atoms with Crippen LogP contribution >= 0.6 is 34.4 Å². The van der Waals surface area contributed by atoms with Crippen molar-refractivity contribution in [2.75, 3.05) is 11.9 Å². The molecule has 6 nitrogen and oxygen atoms in total. The van der Waals surface area contributed by atoms with Gasteiger partial charge in [0, 0.05) is 14.8 Å². The molecule has 1 aliphatic rings. The highest BCUT2D eigenvalue weighted by atomic mass is 127. The van der Waals surface area contributed by atoms with E-state index in [0.29, 0.717) is 23.6 Å². The van der Waals surface area contributed by atoms with Crippen LogP contribution in [0.25, 0.3) is 6.08 Å². The number of rotatable bonds is 7. The molecule has 1 fully saturated rings. The summed E-state index contributed by atoms with van der Waals surface area (Å²) in [5.74, 6) is -0.333. The Kier molecular flexibility index (Phi) is 7.69. The van der Waals surface area contributed by atoms with E-state index in [1.165, 1.54) is 0 Å². The van der Waals surface area contributed by atoms with Gasteiger partial charge in [-0.1, -0.05) is 48.0 Å². The van der Waals surface area contributed by atoms with Crippen molar-refractivity contribution in [3.05, 3.63) is 98.0 Å². The number of thioether (sulfide) groups is 1. The van der Waals surface area contributed by atoms with E-state index in [9.17, 15) is 14.4 Å². The number of anilines is 1. The molecule has 0 radical (unpaired) electrons. The maximum absolute atomic E-state index is 12.9. The normalized spacial score (nSPS) is 14.5. The molecule has 172 valence electrons. The Morgan fingerprint density at radius 2 is 1.82 bits per heavy atom. The monoisotopic (exact) mass is 584 g/mol. The molecule has 0 aliphatic carbocycles. The molecular weight excluding hydrogens is 563 g/mol. The fourth-order valence-corrected chi connectivity index (χ4v) is 4.54. The lowest BCUT2D eigenvalue weighted by molar-refractivity contribution is -0.127. The summed E-state index contributed by atoms with van der Waals surface area (Å²) >= 11 is 2.98. The Labute approximate surface area is 215 Å². The van der Waals surface area contributed by atoms with Crippen LogP contribution in [0.3, 0.4) is 0 Å². The molecule has 0 unspecified atom stereocenters. The first-order valence-corrected chi connectivity index (χ1v) is 12.4. The average molecular weight is 584 g/mol. The summed E-state index contributed by atoms with van der Waals surface area (Å²) in [7, 11) is 0. The topological polar surface area (TPSA) is 75.7 Å². The van der Waals surface area contributed by atoms with Crippen LogP contribution in [0.2, 0.25) is 0 Å². The smallest absolute Gasteiger partial charge is 0.294 e. The second kappa shape index (κ2) is 10.9. The predicted octanol–water partition coefficient (Wildman–Crippen LogP) is 5.85. The fourth-order valence-electron chi connectivity index (χ4n) is 3.35. The molecule has 3 aromatic carbocycles. The first-order valence-electron chi connectivity index (χ1n) is 10.5. The van der Waals surface area contributed by atoms with Crippen molar-refractivity contribution in [1.29, 1.82) is 0 Å². The van der Waals surface area contributed by atoms with E-state index in [4.69, 9.17) is 4.74 Å². The summed E-state index contributed by atoms with van der Waals surface area (Å²) < 4.78 is 7.03. The van der Waals surface area contributed by atoms with Crippen LogP contribution in [0, 0.1) is 10.5 Å². The fraction of sp³-hybridized carbons (Fsp3) is 0.115. The van der Waals surface area contributed by atoms with Gasteiger partial charge in [-0.15, -0.1) is 0 Å². The Morgan fingerprint density at radius 3 is 2.59 bits per heavy atom. The molecule has 34 heavy (non-hydrogen) atoms. The van der Waals surface area contributed by atoms with Gasteiger partial charge in [0.05, 0.1) is 4.91 Å². The lowest BCUT2D eigenvalue weighted by atomic mass is 10.1. The standard InChI is InChI=1S/C26H21IN2O4S/c1-17-5-4-6-18(13-17)16-33-22-8-3-2-7-19(22)14-23-25(31)29(26(32)34-23)15-24(30)28-21-11-9-20(27)10-12-21/h2-14H,15-16H2,1H3,(H,28,30)/b23-14+. The van der Waals surface area contributed by atoms with E-state index in [0.717, 1.165) is 31.4 Å². The van der Waals surface area contributed by atoms with Gasteiger partial charge in [-0.05, 0) is 83.2 Å². The van der Waals surface area contributed by atoms with Gasteiger partial charge in [0.25, 0.3) is 11.1 Å². The predicted molar refractivity (Wildman–Crippen MR) is 142 cm³/mol. The summed E-state index contributed by atoms with van der Waals surface area (Å²) in [6, 6.07) is 22.6. The molecule has 1 saturated heterocycles.